The molecule has 4 aliphatic rings. The van der Waals surface area contributed by atoms with Crippen molar-refractivity contribution in [2.75, 3.05) is 19.6 Å². The van der Waals surface area contributed by atoms with E-state index in [1.54, 1.807) is 0 Å². The van der Waals surface area contributed by atoms with Crippen LogP contribution in [-0.4, -0.2) is 41.4 Å². The van der Waals surface area contributed by atoms with Crippen molar-refractivity contribution in [2.24, 2.45) is 17.8 Å². The van der Waals surface area contributed by atoms with E-state index in [2.05, 4.69) is 46.2 Å². The van der Waals surface area contributed by atoms with Gasteiger partial charge in [0.25, 0.3) is 0 Å². The van der Waals surface area contributed by atoms with Crippen LogP contribution in [0, 0.1) is 17.8 Å². The van der Waals surface area contributed by atoms with Gasteiger partial charge < -0.3 is 4.90 Å². The molecule has 3 unspecified atom stereocenters. The molecule has 2 aliphatic carbocycles. The molecular weight excluding hydrogens is 284 g/mol. The van der Waals surface area contributed by atoms with Crippen LogP contribution in [0.1, 0.15) is 24.0 Å². The minimum atomic E-state index is 0.285. The van der Waals surface area contributed by atoms with Gasteiger partial charge in [-0.2, -0.15) is 0 Å². The minimum Gasteiger partial charge on any atom is -0.339 e. The molecule has 0 spiro atoms. The molecule has 0 radical (unpaired) electrons. The van der Waals surface area contributed by atoms with Gasteiger partial charge in [0.15, 0.2) is 0 Å². The van der Waals surface area contributed by atoms with Crippen LogP contribution >= 0.6 is 0 Å². The molecule has 2 aliphatic heterocycles. The van der Waals surface area contributed by atoms with Crippen molar-refractivity contribution >= 4 is 5.91 Å². The fraction of sp³-hybridized carbons (Fsp3) is 0.550. The smallest absolute Gasteiger partial charge is 0.226 e. The lowest BCUT2D eigenvalue weighted by atomic mass is 9.90. The van der Waals surface area contributed by atoms with E-state index in [0.717, 1.165) is 39.0 Å². The maximum absolute atomic E-state index is 12.7. The molecule has 2 heterocycles. The summed E-state index contributed by atoms with van der Waals surface area (Å²) >= 11 is 0. The van der Waals surface area contributed by atoms with E-state index in [4.69, 9.17) is 0 Å². The number of nitrogens with zero attached hydrogens (tertiary/aromatic N) is 2. The Labute approximate surface area is 138 Å². The Hall–Kier alpha value is -1.61. The molecule has 3 atom stereocenters. The van der Waals surface area contributed by atoms with Gasteiger partial charge in [-0.15, -0.1) is 0 Å². The summed E-state index contributed by atoms with van der Waals surface area (Å²) in [6.45, 7) is 4.08. The molecule has 1 saturated carbocycles. The van der Waals surface area contributed by atoms with Gasteiger partial charge in [-0.1, -0.05) is 36.4 Å². The first-order chi connectivity index (χ1) is 11.3. The van der Waals surface area contributed by atoms with Crippen molar-refractivity contribution in [3.8, 4) is 0 Å². The maximum Gasteiger partial charge on any atom is 0.226 e. The Morgan fingerprint density at radius 2 is 1.87 bits per heavy atom. The fourth-order valence-electron chi connectivity index (χ4n) is 4.99. The van der Waals surface area contributed by atoms with Gasteiger partial charge in [-0.05, 0) is 42.2 Å². The molecule has 1 aromatic rings. The monoisotopic (exact) mass is 308 g/mol. The van der Waals surface area contributed by atoms with Crippen molar-refractivity contribution in [3.05, 3.63) is 47.5 Å². The van der Waals surface area contributed by atoms with Crippen LogP contribution in [0.4, 0.5) is 0 Å². The van der Waals surface area contributed by atoms with Crippen molar-refractivity contribution in [1.82, 2.24) is 9.80 Å². The lowest BCUT2D eigenvalue weighted by Crippen LogP contribution is -2.62. The summed E-state index contributed by atoms with van der Waals surface area (Å²) in [6.07, 6.45) is 8.07. The predicted octanol–water partition coefficient (Wildman–Crippen LogP) is 2.47. The Morgan fingerprint density at radius 3 is 2.61 bits per heavy atom. The van der Waals surface area contributed by atoms with Crippen LogP contribution < -0.4 is 0 Å². The first-order valence-electron chi connectivity index (χ1n) is 9.06. The molecule has 2 fully saturated rings. The number of carbonyl (C=O) groups excluding carboxylic acids is 1. The minimum absolute atomic E-state index is 0.285. The van der Waals surface area contributed by atoms with Crippen LogP contribution in [0.2, 0.25) is 0 Å². The van der Waals surface area contributed by atoms with E-state index >= 15 is 0 Å². The van der Waals surface area contributed by atoms with Gasteiger partial charge in [-0.25, -0.2) is 0 Å². The van der Waals surface area contributed by atoms with Gasteiger partial charge in [0, 0.05) is 38.1 Å². The molecule has 0 aromatic heterocycles. The number of carbonyl (C=O) groups is 1. The second-order valence-corrected chi connectivity index (χ2v) is 7.77. The third-order valence-corrected chi connectivity index (χ3v) is 6.45. The molecule has 23 heavy (non-hydrogen) atoms. The summed E-state index contributed by atoms with van der Waals surface area (Å²) in [5.41, 5.74) is 2.98. The number of hydrogen-bond acceptors (Lipinski definition) is 2. The molecule has 1 aromatic carbocycles. The normalized spacial score (nSPS) is 32.9. The van der Waals surface area contributed by atoms with Gasteiger partial charge in [-0.3, -0.25) is 9.69 Å². The number of likely N-dealkylation sites (tertiary alicyclic amines) is 1. The van der Waals surface area contributed by atoms with Crippen molar-refractivity contribution < 1.29 is 4.79 Å². The predicted molar refractivity (Wildman–Crippen MR) is 89.8 cm³/mol. The molecule has 3 heteroatoms. The summed E-state index contributed by atoms with van der Waals surface area (Å²) in [4.78, 5) is 17.4. The van der Waals surface area contributed by atoms with Crippen LogP contribution in [-0.2, 0) is 17.8 Å². The Morgan fingerprint density at radius 1 is 1.04 bits per heavy atom. The molecular formula is C20H24N2O. The zero-order chi connectivity index (χ0) is 15.4. The van der Waals surface area contributed by atoms with Crippen LogP contribution in [0.15, 0.2) is 36.4 Å². The number of hydrogen-bond donors (Lipinski definition) is 0. The summed E-state index contributed by atoms with van der Waals surface area (Å²) in [5, 5.41) is 0. The lowest BCUT2D eigenvalue weighted by molar-refractivity contribution is -0.144. The number of rotatable bonds is 2. The van der Waals surface area contributed by atoms with Crippen LogP contribution in [0.25, 0.3) is 0 Å². The SMILES string of the molecule is O=C(C1CC2C=CC1C2)N1CC(N2CCc3ccccc3C2)C1. The number of allylic oxidation sites excluding steroid dienone is 2. The molecule has 3 nitrogen and oxygen atoms in total. The maximum atomic E-state index is 12.7. The van der Waals surface area contributed by atoms with E-state index in [1.807, 2.05) is 0 Å². The zero-order valence-electron chi connectivity index (χ0n) is 13.5. The highest BCUT2D eigenvalue weighted by molar-refractivity contribution is 5.81. The Kier molecular flexibility index (Phi) is 3.12. The van der Waals surface area contributed by atoms with E-state index in [9.17, 15) is 4.79 Å². The highest BCUT2D eigenvalue weighted by Crippen LogP contribution is 2.44. The van der Waals surface area contributed by atoms with Crippen LogP contribution in [0.3, 0.4) is 0 Å². The topological polar surface area (TPSA) is 23.6 Å². The van der Waals surface area contributed by atoms with E-state index in [1.165, 1.54) is 17.5 Å². The first-order valence-corrected chi connectivity index (χ1v) is 9.06. The second-order valence-electron chi connectivity index (χ2n) is 7.77. The third-order valence-electron chi connectivity index (χ3n) is 6.45. The highest BCUT2D eigenvalue weighted by Gasteiger charge is 2.45. The molecule has 2 bridgehead atoms. The quantitative estimate of drug-likeness (QED) is 0.784. The number of benzene rings is 1. The van der Waals surface area contributed by atoms with E-state index in [-0.39, 0.29) is 5.92 Å². The largest absolute Gasteiger partial charge is 0.339 e. The van der Waals surface area contributed by atoms with Crippen LogP contribution in [0.5, 0.6) is 0 Å². The molecule has 5 rings (SSSR count). The lowest BCUT2D eigenvalue weighted by Gasteiger charge is -2.48. The average Bonchev–Trinajstić information content (AvgIpc) is 3.16. The van der Waals surface area contributed by atoms with E-state index < -0.39 is 0 Å². The zero-order valence-corrected chi connectivity index (χ0v) is 13.5. The van der Waals surface area contributed by atoms with Crippen molar-refractivity contribution in [1.29, 1.82) is 0 Å². The van der Waals surface area contributed by atoms with Gasteiger partial charge >= 0.3 is 0 Å². The van der Waals surface area contributed by atoms with Crippen molar-refractivity contribution in [2.45, 2.75) is 31.8 Å². The summed E-state index contributed by atoms with van der Waals surface area (Å²) in [6, 6.07) is 9.36. The number of amides is 1. The van der Waals surface area contributed by atoms with Gasteiger partial charge in [0.2, 0.25) is 5.91 Å². The number of fused-ring (bicyclic) bond motifs is 3. The first kappa shape index (κ1) is 13.8. The van der Waals surface area contributed by atoms with E-state index in [0.29, 0.717) is 23.8 Å². The summed E-state index contributed by atoms with van der Waals surface area (Å²) < 4.78 is 0. The highest BCUT2D eigenvalue weighted by atomic mass is 16.2. The molecule has 0 N–H and O–H groups in total. The fourth-order valence-corrected chi connectivity index (χ4v) is 4.99. The Balaban J connectivity index is 1.19. The molecule has 120 valence electrons. The van der Waals surface area contributed by atoms with Crippen molar-refractivity contribution in [3.63, 3.8) is 0 Å². The Bertz CT molecular complexity index is 661. The average molecular weight is 308 g/mol. The third kappa shape index (κ3) is 2.25. The van der Waals surface area contributed by atoms with Gasteiger partial charge in [0.05, 0.1) is 0 Å². The molecule has 1 amide bonds. The standard InChI is InChI=1S/C20H24N2O/c23-20(19-10-14-5-6-16(19)9-14)22-12-18(13-22)21-8-7-15-3-1-2-4-17(15)11-21/h1-6,14,16,18-19H,7-13H2. The summed E-state index contributed by atoms with van der Waals surface area (Å²) in [5.74, 6) is 1.93. The second kappa shape index (κ2) is 5.20. The van der Waals surface area contributed by atoms with Gasteiger partial charge in [0.1, 0.15) is 0 Å². The molecule has 1 saturated heterocycles. The summed E-state index contributed by atoms with van der Waals surface area (Å²) in [7, 11) is 0.